The summed E-state index contributed by atoms with van der Waals surface area (Å²) in [7, 11) is 0. The van der Waals surface area contributed by atoms with E-state index in [1.807, 2.05) is 6.92 Å². The number of fused-ring (bicyclic) bond motifs is 1. The van der Waals surface area contributed by atoms with Crippen LogP contribution in [0, 0.1) is 5.92 Å². The van der Waals surface area contributed by atoms with Crippen LogP contribution in [0.15, 0.2) is 4.99 Å². The van der Waals surface area contributed by atoms with Gasteiger partial charge in [0.2, 0.25) is 5.91 Å². The van der Waals surface area contributed by atoms with Crippen LogP contribution in [0.25, 0.3) is 0 Å². The SMILES string of the molecule is CCCNC(=O)C(C)NC1=NC2CCCC2CS1. The molecule has 0 spiro atoms. The van der Waals surface area contributed by atoms with Gasteiger partial charge in [0.15, 0.2) is 5.17 Å². The number of thioether (sulfide) groups is 1. The van der Waals surface area contributed by atoms with Crippen molar-refractivity contribution in [2.24, 2.45) is 10.9 Å². The van der Waals surface area contributed by atoms with Crippen LogP contribution in [0.4, 0.5) is 0 Å². The van der Waals surface area contributed by atoms with E-state index in [0.717, 1.165) is 29.8 Å². The minimum absolute atomic E-state index is 0.0636. The molecule has 0 aromatic carbocycles. The molecule has 1 amide bonds. The molecule has 0 aromatic rings. The summed E-state index contributed by atoms with van der Waals surface area (Å²) in [4.78, 5) is 16.5. The zero-order chi connectivity index (χ0) is 13.0. The first-order chi connectivity index (χ1) is 8.70. The highest BCUT2D eigenvalue weighted by molar-refractivity contribution is 8.13. The van der Waals surface area contributed by atoms with Crippen LogP contribution in [0.3, 0.4) is 0 Å². The highest BCUT2D eigenvalue weighted by Crippen LogP contribution is 2.34. The highest BCUT2D eigenvalue weighted by Gasteiger charge is 2.31. The fraction of sp³-hybridized carbons (Fsp3) is 0.846. The van der Waals surface area contributed by atoms with Gasteiger partial charge in [0.05, 0.1) is 6.04 Å². The molecule has 0 aromatic heterocycles. The number of carbonyl (C=O) groups excluding carboxylic acids is 1. The fourth-order valence-corrected chi connectivity index (χ4v) is 3.72. The quantitative estimate of drug-likeness (QED) is 0.818. The minimum Gasteiger partial charge on any atom is -0.354 e. The second kappa shape index (κ2) is 6.45. The molecule has 5 heteroatoms. The summed E-state index contributed by atoms with van der Waals surface area (Å²) in [6, 6.07) is 0.306. The Bertz CT molecular complexity index is 332. The standard InChI is InChI=1S/C13H23N3OS/c1-3-7-14-12(17)9(2)15-13-16-11-6-4-5-10(11)8-18-13/h9-11H,3-8H2,1-2H3,(H,14,17)(H,15,16). The van der Waals surface area contributed by atoms with Crippen molar-refractivity contribution >= 4 is 22.8 Å². The van der Waals surface area contributed by atoms with E-state index in [9.17, 15) is 4.79 Å². The van der Waals surface area contributed by atoms with Crippen LogP contribution in [-0.4, -0.2) is 35.5 Å². The average Bonchev–Trinajstić information content (AvgIpc) is 2.83. The summed E-state index contributed by atoms with van der Waals surface area (Å²) in [5, 5.41) is 7.10. The van der Waals surface area contributed by atoms with Crippen molar-refractivity contribution in [3.8, 4) is 0 Å². The summed E-state index contributed by atoms with van der Waals surface area (Å²) >= 11 is 1.77. The lowest BCUT2D eigenvalue weighted by Gasteiger charge is -2.25. The molecule has 3 unspecified atom stereocenters. The maximum atomic E-state index is 11.8. The van der Waals surface area contributed by atoms with Gasteiger partial charge >= 0.3 is 0 Å². The summed E-state index contributed by atoms with van der Waals surface area (Å²) in [6.45, 7) is 4.70. The van der Waals surface area contributed by atoms with Crippen molar-refractivity contribution in [1.29, 1.82) is 0 Å². The molecule has 1 fully saturated rings. The molecule has 102 valence electrons. The largest absolute Gasteiger partial charge is 0.354 e. The zero-order valence-corrected chi connectivity index (χ0v) is 12.1. The van der Waals surface area contributed by atoms with Gasteiger partial charge in [-0.05, 0) is 32.1 Å². The normalized spacial score (nSPS) is 28.2. The van der Waals surface area contributed by atoms with Crippen molar-refractivity contribution in [3.63, 3.8) is 0 Å². The van der Waals surface area contributed by atoms with Crippen molar-refractivity contribution in [2.75, 3.05) is 12.3 Å². The van der Waals surface area contributed by atoms with Crippen LogP contribution < -0.4 is 10.6 Å². The minimum atomic E-state index is -0.194. The topological polar surface area (TPSA) is 53.5 Å². The van der Waals surface area contributed by atoms with Gasteiger partial charge in [-0.1, -0.05) is 25.1 Å². The molecule has 0 saturated heterocycles. The predicted molar refractivity (Wildman–Crippen MR) is 76.9 cm³/mol. The lowest BCUT2D eigenvalue weighted by molar-refractivity contribution is -0.122. The smallest absolute Gasteiger partial charge is 0.242 e. The van der Waals surface area contributed by atoms with E-state index in [2.05, 4.69) is 17.6 Å². The first-order valence-electron chi connectivity index (χ1n) is 6.95. The molecule has 1 aliphatic heterocycles. The summed E-state index contributed by atoms with van der Waals surface area (Å²) < 4.78 is 0. The van der Waals surface area contributed by atoms with Gasteiger partial charge in [-0.2, -0.15) is 0 Å². The number of hydrogen-bond donors (Lipinski definition) is 2. The van der Waals surface area contributed by atoms with Crippen molar-refractivity contribution in [1.82, 2.24) is 10.6 Å². The van der Waals surface area contributed by atoms with Crippen LogP contribution in [0.1, 0.15) is 39.5 Å². The lowest BCUT2D eigenvalue weighted by atomic mass is 10.1. The Morgan fingerprint density at radius 3 is 3.17 bits per heavy atom. The molecule has 0 radical (unpaired) electrons. The Morgan fingerprint density at radius 2 is 2.39 bits per heavy atom. The highest BCUT2D eigenvalue weighted by atomic mass is 32.2. The van der Waals surface area contributed by atoms with Gasteiger partial charge in [-0.3, -0.25) is 9.79 Å². The number of amides is 1. The number of nitrogens with one attached hydrogen (secondary N) is 2. The van der Waals surface area contributed by atoms with Gasteiger partial charge in [-0.15, -0.1) is 0 Å². The van der Waals surface area contributed by atoms with Gasteiger partial charge in [0.25, 0.3) is 0 Å². The Kier molecular flexibility index (Phi) is 4.92. The average molecular weight is 269 g/mol. The van der Waals surface area contributed by atoms with E-state index in [4.69, 9.17) is 4.99 Å². The van der Waals surface area contributed by atoms with E-state index in [1.165, 1.54) is 19.3 Å². The number of nitrogens with zero attached hydrogens (tertiary/aromatic N) is 1. The van der Waals surface area contributed by atoms with Crippen molar-refractivity contribution < 1.29 is 4.79 Å². The zero-order valence-electron chi connectivity index (χ0n) is 11.2. The molecule has 1 heterocycles. The van der Waals surface area contributed by atoms with Gasteiger partial charge < -0.3 is 10.6 Å². The molecule has 0 bridgehead atoms. The second-order valence-corrected chi connectivity index (χ2v) is 6.17. The monoisotopic (exact) mass is 269 g/mol. The third-order valence-electron chi connectivity index (χ3n) is 3.62. The van der Waals surface area contributed by atoms with Crippen LogP contribution in [0.5, 0.6) is 0 Å². The second-order valence-electron chi connectivity index (χ2n) is 5.16. The van der Waals surface area contributed by atoms with Gasteiger partial charge in [0.1, 0.15) is 6.04 Å². The number of amidine groups is 1. The molecule has 2 aliphatic rings. The maximum absolute atomic E-state index is 11.8. The fourth-order valence-electron chi connectivity index (χ4n) is 2.49. The Morgan fingerprint density at radius 1 is 1.56 bits per heavy atom. The van der Waals surface area contributed by atoms with E-state index in [-0.39, 0.29) is 11.9 Å². The summed E-state index contributed by atoms with van der Waals surface area (Å²) in [5.41, 5.74) is 0. The first kappa shape index (κ1) is 13.7. The van der Waals surface area contributed by atoms with E-state index in [1.54, 1.807) is 11.8 Å². The molecule has 1 saturated carbocycles. The number of carbonyl (C=O) groups is 1. The van der Waals surface area contributed by atoms with Crippen molar-refractivity contribution in [2.45, 2.75) is 51.6 Å². The van der Waals surface area contributed by atoms with Gasteiger partial charge in [0, 0.05) is 12.3 Å². The Hall–Kier alpha value is -0.710. The molecule has 2 N–H and O–H groups in total. The third-order valence-corrected chi connectivity index (χ3v) is 4.71. The van der Waals surface area contributed by atoms with E-state index < -0.39 is 0 Å². The molecule has 1 aliphatic carbocycles. The molecule has 18 heavy (non-hydrogen) atoms. The molecular weight excluding hydrogens is 246 g/mol. The molecular formula is C13H23N3OS. The first-order valence-corrected chi connectivity index (χ1v) is 7.94. The summed E-state index contributed by atoms with van der Waals surface area (Å²) in [5.74, 6) is 1.98. The number of hydrogen-bond acceptors (Lipinski definition) is 4. The summed E-state index contributed by atoms with van der Waals surface area (Å²) in [6.07, 6.45) is 4.81. The number of aliphatic imine (C=N–C) groups is 1. The van der Waals surface area contributed by atoms with Crippen molar-refractivity contribution in [3.05, 3.63) is 0 Å². The molecule has 4 nitrogen and oxygen atoms in total. The molecule has 2 rings (SSSR count). The van der Waals surface area contributed by atoms with Crippen LogP contribution >= 0.6 is 11.8 Å². The third kappa shape index (κ3) is 3.40. The van der Waals surface area contributed by atoms with E-state index in [0.29, 0.717) is 6.04 Å². The van der Waals surface area contributed by atoms with Crippen LogP contribution in [0.2, 0.25) is 0 Å². The van der Waals surface area contributed by atoms with Crippen LogP contribution in [-0.2, 0) is 4.79 Å². The van der Waals surface area contributed by atoms with Gasteiger partial charge in [-0.25, -0.2) is 0 Å². The predicted octanol–water partition coefficient (Wildman–Crippen LogP) is 1.76. The maximum Gasteiger partial charge on any atom is 0.242 e. The molecule has 3 atom stereocenters. The number of rotatable bonds is 4. The Balaban J connectivity index is 1.83. The Labute approximate surface area is 113 Å². The lowest BCUT2D eigenvalue weighted by Crippen LogP contribution is -2.45. The van der Waals surface area contributed by atoms with E-state index >= 15 is 0 Å².